The van der Waals surface area contributed by atoms with Crippen molar-refractivity contribution in [2.45, 2.75) is 25.7 Å². The summed E-state index contributed by atoms with van der Waals surface area (Å²) in [4.78, 5) is 0. The van der Waals surface area contributed by atoms with Crippen LogP contribution in [0.3, 0.4) is 0 Å². The van der Waals surface area contributed by atoms with Crippen LogP contribution in [0.15, 0.2) is 131 Å². The third-order valence-corrected chi connectivity index (χ3v) is 12.1. The van der Waals surface area contributed by atoms with E-state index in [0.29, 0.717) is 0 Å². The quantitative estimate of drug-likeness (QED) is 0.192. The van der Waals surface area contributed by atoms with Crippen LogP contribution in [0.2, 0.25) is 0 Å². The number of hydrogen-bond acceptors (Lipinski definition) is 2. The van der Waals surface area contributed by atoms with Gasteiger partial charge in [0.15, 0.2) is 0 Å². The van der Waals surface area contributed by atoms with Crippen LogP contribution in [0.5, 0.6) is 23.0 Å². The summed E-state index contributed by atoms with van der Waals surface area (Å²) < 4.78 is 16.6. The number of hydrogen-bond donors (Lipinski definition) is 0. The van der Waals surface area contributed by atoms with E-state index in [2.05, 4.69) is 66.8 Å². The molecule has 1 aliphatic carbocycles. The molecular formula is C32H29O2Pt. The van der Waals surface area contributed by atoms with E-state index in [4.69, 9.17) is 9.47 Å². The van der Waals surface area contributed by atoms with Gasteiger partial charge in [-0.05, 0) is 0 Å². The molecule has 0 bridgehead atoms. The predicted octanol–water partition coefficient (Wildman–Crippen LogP) is 7.85. The van der Waals surface area contributed by atoms with Crippen molar-refractivity contribution in [2.75, 3.05) is 0 Å². The molecule has 0 atom stereocenters. The SMILES string of the molecule is C1=CCC[C]([Pt]([c]2ccc(Oc3ccccc3)cc2)[c]2ccc(Oc3ccccc3)cc2)=CCC1. The number of rotatable bonds is 7. The molecule has 0 heterocycles. The average molecular weight is 641 g/mol. The van der Waals surface area contributed by atoms with Crippen molar-refractivity contribution in [3.05, 3.63) is 131 Å². The summed E-state index contributed by atoms with van der Waals surface area (Å²) in [6.07, 6.45) is 11.7. The molecule has 0 amide bonds. The molecule has 179 valence electrons. The summed E-state index contributed by atoms with van der Waals surface area (Å²) in [7, 11) is 0. The Balaban J connectivity index is 1.42. The van der Waals surface area contributed by atoms with Crippen LogP contribution in [0.1, 0.15) is 25.7 Å². The van der Waals surface area contributed by atoms with Crippen molar-refractivity contribution >= 4 is 7.91 Å². The van der Waals surface area contributed by atoms with Crippen LogP contribution in [0.4, 0.5) is 0 Å². The molecule has 4 aromatic rings. The van der Waals surface area contributed by atoms with Crippen molar-refractivity contribution in [3.63, 3.8) is 0 Å². The van der Waals surface area contributed by atoms with E-state index in [9.17, 15) is 0 Å². The molecule has 0 unspecified atom stereocenters. The zero-order valence-corrected chi connectivity index (χ0v) is 21.9. The summed E-state index contributed by atoms with van der Waals surface area (Å²) in [5, 5.41) is 0. The van der Waals surface area contributed by atoms with Crippen molar-refractivity contribution in [2.24, 2.45) is 0 Å². The molecule has 4 aromatic carbocycles. The molecule has 0 aromatic heterocycles. The first-order valence-corrected chi connectivity index (χ1v) is 15.4. The molecule has 0 fully saturated rings. The molecule has 0 saturated carbocycles. The molecule has 0 saturated heterocycles. The second-order valence-corrected chi connectivity index (χ2v) is 13.9. The number of ether oxygens (including phenoxy) is 2. The van der Waals surface area contributed by atoms with Gasteiger partial charge in [-0.2, -0.15) is 0 Å². The topological polar surface area (TPSA) is 18.5 Å². The van der Waals surface area contributed by atoms with Gasteiger partial charge in [0.05, 0.1) is 0 Å². The first kappa shape index (κ1) is 23.4. The predicted molar refractivity (Wildman–Crippen MR) is 141 cm³/mol. The Labute approximate surface area is 214 Å². The first-order valence-electron chi connectivity index (χ1n) is 12.0. The van der Waals surface area contributed by atoms with E-state index in [1.807, 2.05) is 60.7 Å². The van der Waals surface area contributed by atoms with E-state index in [0.717, 1.165) is 48.7 Å². The van der Waals surface area contributed by atoms with E-state index in [1.165, 1.54) is 7.91 Å². The monoisotopic (exact) mass is 640 g/mol. The Hall–Kier alpha value is -3.35. The Kier molecular flexibility index (Phi) is 7.93. The Morgan fingerprint density at radius 2 is 0.914 bits per heavy atom. The standard InChI is InChI=1S/2C12H9O.C8H11.Pt/c2*1-3-7-11(8-4-1)13-12-9-5-2-6-10-12;1-2-4-6-8-7-5-3-1;/h2*1,3-10H;1-2,7H,3-6H2;. The molecule has 2 nitrogen and oxygen atoms in total. The summed E-state index contributed by atoms with van der Waals surface area (Å²) in [6.45, 7) is 0. The van der Waals surface area contributed by atoms with Crippen molar-refractivity contribution < 1.29 is 26.8 Å². The zero-order chi connectivity index (χ0) is 23.7. The second-order valence-electron chi connectivity index (χ2n) is 8.10. The first-order chi connectivity index (χ1) is 17.3. The molecule has 0 N–H and O–H groups in total. The minimum atomic E-state index is -1.81. The van der Waals surface area contributed by atoms with Gasteiger partial charge in [0.25, 0.3) is 0 Å². The average Bonchev–Trinajstić information content (AvgIpc) is 2.88. The van der Waals surface area contributed by atoms with Crippen LogP contribution in [-0.2, 0) is 17.3 Å². The van der Waals surface area contributed by atoms with Gasteiger partial charge in [0.2, 0.25) is 0 Å². The molecular weight excluding hydrogens is 611 g/mol. The molecule has 0 aliphatic heterocycles. The van der Waals surface area contributed by atoms with Crippen LogP contribution in [0.25, 0.3) is 0 Å². The molecule has 3 heteroatoms. The normalized spacial score (nSPS) is 13.8. The van der Waals surface area contributed by atoms with Gasteiger partial charge in [-0.1, -0.05) is 0 Å². The second kappa shape index (κ2) is 11.9. The maximum absolute atomic E-state index is 6.05. The molecule has 0 radical (unpaired) electrons. The fraction of sp³-hybridized carbons (Fsp3) is 0.125. The van der Waals surface area contributed by atoms with Gasteiger partial charge < -0.3 is 0 Å². The van der Waals surface area contributed by atoms with Crippen LogP contribution < -0.4 is 17.4 Å². The fourth-order valence-corrected chi connectivity index (χ4v) is 10.2. The van der Waals surface area contributed by atoms with Crippen LogP contribution in [0, 0.1) is 0 Å². The van der Waals surface area contributed by atoms with Gasteiger partial charge in [0, 0.05) is 0 Å². The zero-order valence-electron chi connectivity index (χ0n) is 19.6. The number of allylic oxidation sites excluding steroid dienone is 4. The van der Waals surface area contributed by atoms with Gasteiger partial charge in [-0.25, -0.2) is 0 Å². The van der Waals surface area contributed by atoms with Crippen molar-refractivity contribution in [1.82, 2.24) is 0 Å². The van der Waals surface area contributed by atoms with E-state index in [-0.39, 0.29) is 0 Å². The van der Waals surface area contributed by atoms with E-state index < -0.39 is 17.3 Å². The van der Waals surface area contributed by atoms with Gasteiger partial charge in [0.1, 0.15) is 0 Å². The third-order valence-electron chi connectivity index (χ3n) is 5.50. The molecule has 5 rings (SSSR count). The van der Waals surface area contributed by atoms with Gasteiger partial charge >= 0.3 is 215 Å². The Morgan fingerprint density at radius 1 is 0.457 bits per heavy atom. The van der Waals surface area contributed by atoms with Crippen LogP contribution >= 0.6 is 0 Å². The minimum absolute atomic E-state index is 0.860. The van der Waals surface area contributed by atoms with Gasteiger partial charge in [-0.15, -0.1) is 0 Å². The number of benzene rings is 4. The third kappa shape index (κ3) is 6.41. The Morgan fingerprint density at radius 3 is 1.43 bits per heavy atom. The van der Waals surface area contributed by atoms with E-state index in [1.54, 1.807) is 3.96 Å². The van der Waals surface area contributed by atoms with Crippen LogP contribution in [-0.4, -0.2) is 0 Å². The summed E-state index contributed by atoms with van der Waals surface area (Å²) in [5.74, 6) is 3.47. The Bertz CT molecular complexity index is 1180. The maximum atomic E-state index is 6.05. The number of para-hydroxylation sites is 2. The van der Waals surface area contributed by atoms with Gasteiger partial charge in [-0.3, -0.25) is 0 Å². The molecule has 35 heavy (non-hydrogen) atoms. The summed E-state index contributed by atoms with van der Waals surface area (Å²) in [6, 6.07) is 37.5. The summed E-state index contributed by atoms with van der Waals surface area (Å²) in [5.41, 5.74) is 0. The fourth-order valence-electron chi connectivity index (χ4n) is 3.81. The van der Waals surface area contributed by atoms with Crippen molar-refractivity contribution in [3.8, 4) is 23.0 Å². The molecule has 1 aliphatic rings. The molecule has 0 spiro atoms. The van der Waals surface area contributed by atoms with E-state index >= 15 is 0 Å². The summed E-state index contributed by atoms with van der Waals surface area (Å²) >= 11 is -1.81. The van der Waals surface area contributed by atoms with Crippen molar-refractivity contribution in [1.29, 1.82) is 0 Å².